The van der Waals surface area contributed by atoms with Gasteiger partial charge in [-0.3, -0.25) is 0 Å². The molecule has 1 aliphatic heterocycles. The quantitative estimate of drug-likeness (QED) is 0.825. The molecule has 8 heteroatoms. The highest BCUT2D eigenvalue weighted by Gasteiger charge is 2.31. The Hall–Kier alpha value is -0.890. The van der Waals surface area contributed by atoms with Crippen molar-refractivity contribution in [3.05, 3.63) is 23.0 Å². The Balaban J connectivity index is 2.37. The Morgan fingerprint density at radius 1 is 1.50 bits per heavy atom. The lowest BCUT2D eigenvalue weighted by molar-refractivity contribution is 0.165. The summed E-state index contributed by atoms with van der Waals surface area (Å²) in [6.45, 7) is 0.518. The van der Waals surface area contributed by atoms with E-state index in [1.807, 2.05) is 0 Å². The number of benzene rings is 1. The van der Waals surface area contributed by atoms with Gasteiger partial charge in [0.2, 0.25) is 10.0 Å². The zero-order chi connectivity index (χ0) is 14.9. The maximum Gasteiger partial charge on any atom is 0.244 e. The second kappa shape index (κ2) is 5.85. The summed E-state index contributed by atoms with van der Waals surface area (Å²) in [6, 6.07) is 1.94. The lowest BCUT2D eigenvalue weighted by Gasteiger charge is -2.31. The Morgan fingerprint density at radius 3 is 2.85 bits per heavy atom. The van der Waals surface area contributed by atoms with Crippen LogP contribution in [0.15, 0.2) is 17.0 Å². The van der Waals surface area contributed by atoms with Crippen LogP contribution in [0.1, 0.15) is 12.8 Å². The molecule has 1 heterocycles. The number of halogens is 2. The SMILES string of the molecule is Nc1cc(S(=O)(=O)N2CCCC(CO)C2)c(Cl)cc1F. The van der Waals surface area contributed by atoms with Gasteiger partial charge in [-0.05, 0) is 30.9 Å². The van der Waals surface area contributed by atoms with E-state index >= 15 is 0 Å². The largest absolute Gasteiger partial charge is 0.396 e. The van der Waals surface area contributed by atoms with Crippen molar-refractivity contribution in [3.8, 4) is 0 Å². The Kier molecular flexibility index (Phi) is 4.53. The van der Waals surface area contributed by atoms with Gasteiger partial charge < -0.3 is 10.8 Å². The third-order valence-corrected chi connectivity index (χ3v) is 5.74. The molecule has 1 aliphatic rings. The number of sulfonamides is 1. The van der Waals surface area contributed by atoms with E-state index in [4.69, 9.17) is 22.4 Å². The van der Waals surface area contributed by atoms with Gasteiger partial charge in [-0.2, -0.15) is 4.31 Å². The molecule has 0 aromatic heterocycles. The molecule has 2 rings (SSSR count). The molecular weight excluding hydrogens is 307 g/mol. The van der Waals surface area contributed by atoms with Crippen molar-refractivity contribution in [1.29, 1.82) is 0 Å². The molecule has 1 saturated heterocycles. The predicted molar refractivity (Wildman–Crippen MR) is 74.4 cm³/mol. The molecule has 0 saturated carbocycles. The monoisotopic (exact) mass is 322 g/mol. The fraction of sp³-hybridized carbons (Fsp3) is 0.500. The minimum atomic E-state index is -3.83. The number of piperidine rings is 1. The predicted octanol–water partition coefficient (Wildman–Crippen LogP) is 1.45. The van der Waals surface area contributed by atoms with E-state index in [-0.39, 0.29) is 34.7 Å². The Morgan fingerprint density at radius 2 is 2.20 bits per heavy atom. The number of aliphatic hydroxyl groups is 1. The van der Waals surface area contributed by atoms with Crippen LogP contribution in [0.2, 0.25) is 5.02 Å². The van der Waals surface area contributed by atoms with Gasteiger partial charge in [0.1, 0.15) is 10.7 Å². The number of nitrogens with zero attached hydrogens (tertiary/aromatic N) is 1. The van der Waals surface area contributed by atoms with Crippen LogP contribution in [0.3, 0.4) is 0 Å². The van der Waals surface area contributed by atoms with Crippen LogP contribution in [0, 0.1) is 11.7 Å². The summed E-state index contributed by atoms with van der Waals surface area (Å²) in [4.78, 5) is -0.198. The molecular formula is C12H16ClFN2O3S. The molecule has 0 aliphatic carbocycles. The van der Waals surface area contributed by atoms with Crippen molar-refractivity contribution in [2.75, 3.05) is 25.4 Å². The fourth-order valence-corrected chi connectivity index (χ4v) is 4.35. The molecule has 1 fully saturated rings. The van der Waals surface area contributed by atoms with Crippen molar-refractivity contribution in [3.63, 3.8) is 0 Å². The van der Waals surface area contributed by atoms with E-state index in [0.29, 0.717) is 13.0 Å². The van der Waals surface area contributed by atoms with Gasteiger partial charge in [-0.1, -0.05) is 11.6 Å². The maximum absolute atomic E-state index is 13.3. The van der Waals surface area contributed by atoms with Gasteiger partial charge in [-0.15, -0.1) is 0 Å². The van der Waals surface area contributed by atoms with E-state index in [0.717, 1.165) is 18.6 Å². The van der Waals surface area contributed by atoms with Gasteiger partial charge in [0.25, 0.3) is 0 Å². The minimum Gasteiger partial charge on any atom is -0.396 e. The van der Waals surface area contributed by atoms with E-state index in [9.17, 15) is 12.8 Å². The number of nitrogens with two attached hydrogens (primary N) is 1. The third kappa shape index (κ3) is 2.90. The highest BCUT2D eigenvalue weighted by Crippen LogP contribution is 2.30. The molecule has 0 radical (unpaired) electrons. The molecule has 1 aromatic carbocycles. The lowest BCUT2D eigenvalue weighted by Crippen LogP contribution is -2.41. The third-order valence-electron chi connectivity index (χ3n) is 3.41. The maximum atomic E-state index is 13.3. The second-order valence-electron chi connectivity index (χ2n) is 4.86. The van der Waals surface area contributed by atoms with Crippen LogP contribution in [-0.4, -0.2) is 37.5 Å². The molecule has 0 spiro atoms. The number of rotatable bonds is 3. The number of aliphatic hydroxyl groups excluding tert-OH is 1. The van der Waals surface area contributed by atoms with Crippen molar-refractivity contribution >= 4 is 27.3 Å². The van der Waals surface area contributed by atoms with Gasteiger partial charge in [0, 0.05) is 19.7 Å². The first kappa shape index (κ1) is 15.5. The van der Waals surface area contributed by atoms with Crippen molar-refractivity contribution < 1.29 is 17.9 Å². The van der Waals surface area contributed by atoms with Crippen molar-refractivity contribution in [2.45, 2.75) is 17.7 Å². The normalized spacial score (nSPS) is 21.1. The number of hydrogen-bond donors (Lipinski definition) is 2. The summed E-state index contributed by atoms with van der Waals surface area (Å²) < 4.78 is 39.5. The number of nitrogen functional groups attached to an aromatic ring is 1. The molecule has 112 valence electrons. The summed E-state index contributed by atoms with van der Waals surface area (Å²) in [7, 11) is -3.83. The number of anilines is 1. The van der Waals surface area contributed by atoms with Gasteiger partial charge in [0.15, 0.2) is 0 Å². The molecule has 3 N–H and O–H groups in total. The zero-order valence-corrected chi connectivity index (χ0v) is 12.3. The topological polar surface area (TPSA) is 83.6 Å². The smallest absolute Gasteiger partial charge is 0.244 e. The first-order valence-corrected chi connectivity index (χ1v) is 8.03. The van der Waals surface area contributed by atoms with E-state index in [1.165, 1.54) is 4.31 Å². The van der Waals surface area contributed by atoms with Crippen molar-refractivity contribution in [1.82, 2.24) is 4.31 Å². The average molecular weight is 323 g/mol. The molecule has 1 unspecified atom stereocenters. The van der Waals surface area contributed by atoms with Crippen LogP contribution in [0.5, 0.6) is 0 Å². The molecule has 1 atom stereocenters. The van der Waals surface area contributed by atoms with Crippen LogP contribution in [0.4, 0.5) is 10.1 Å². The standard InChI is InChI=1S/C12H16ClFN2O3S/c13-9-4-10(14)11(15)5-12(9)20(18,19)16-3-1-2-8(6-16)7-17/h4-5,8,17H,1-3,6-7,15H2. The van der Waals surface area contributed by atoms with Crippen LogP contribution in [-0.2, 0) is 10.0 Å². The molecule has 20 heavy (non-hydrogen) atoms. The summed E-state index contributed by atoms with van der Waals surface area (Å²) in [5.41, 5.74) is 5.15. The Bertz CT molecular complexity index is 609. The van der Waals surface area contributed by atoms with Gasteiger partial charge in [0.05, 0.1) is 10.7 Å². The van der Waals surface area contributed by atoms with Crippen LogP contribution >= 0.6 is 11.6 Å². The zero-order valence-electron chi connectivity index (χ0n) is 10.7. The van der Waals surface area contributed by atoms with Gasteiger partial charge in [-0.25, -0.2) is 12.8 Å². The summed E-state index contributed by atoms with van der Waals surface area (Å²) in [5.74, 6) is -0.837. The van der Waals surface area contributed by atoms with E-state index in [2.05, 4.69) is 0 Å². The first-order chi connectivity index (χ1) is 9.36. The summed E-state index contributed by atoms with van der Waals surface area (Å²) in [5, 5.41) is 8.97. The highest BCUT2D eigenvalue weighted by molar-refractivity contribution is 7.89. The van der Waals surface area contributed by atoms with Crippen LogP contribution < -0.4 is 5.73 Å². The van der Waals surface area contributed by atoms with Crippen LogP contribution in [0.25, 0.3) is 0 Å². The van der Waals surface area contributed by atoms with Gasteiger partial charge >= 0.3 is 0 Å². The first-order valence-electron chi connectivity index (χ1n) is 6.21. The minimum absolute atomic E-state index is 0.0642. The second-order valence-corrected chi connectivity index (χ2v) is 7.17. The summed E-state index contributed by atoms with van der Waals surface area (Å²) in [6.07, 6.45) is 1.45. The summed E-state index contributed by atoms with van der Waals surface area (Å²) >= 11 is 5.82. The fourth-order valence-electron chi connectivity index (χ4n) is 2.28. The van der Waals surface area contributed by atoms with Crippen molar-refractivity contribution in [2.24, 2.45) is 5.92 Å². The lowest BCUT2D eigenvalue weighted by atomic mass is 10.0. The number of hydrogen-bond acceptors (Lipinski definition) is 4. The highest BCUT2D eigenvalue weighted by atomic mass is 35.5. The van der Waals surface area contributed by atoms with E-state index < -0.39 is 15.8 Å². The molecule has 0 bridgehead atoms. The molecule has 0 amide bonds. The molecule has 1 aromatic rings. The Labute approximate surface area is 122 Å². The van der Waals surface area contributed by atoms with E-state index in [1.54, 1.807) is 0 Å². The molecule has 5 nitrogen and oxygen atoms in total. The average Bonchev–Trinajstić information content (AvgIpc) is 2.42.